The summed E-state index contributed by atoms with van der Waals surface area (Å²) >= 11 is 0. The molecule has 1 amide bonds. The maximum absolute atomic E-state index is 11.7. The SMILES string of the molecule is CCCNC(=NCC(=O)N(C)C)NCCc1c[nH]c2cccc(OC)c12.I. The van der Waals surface area contributed by atoms with E-state index in [1.165, 1.54) is 5.56 Å². The Bertz CT molecular complexity index is 758. The highest BCUT2D eigenvalue weighted by atomic mass is 127. The molecular weight excluding hydrogens is 457 g/mol. The summed E-state index contributed by atoms with van der Waals surface area (Å²) in [4.78, 5) is 20.9. The van der Waals surface area contributed by atoms with Gasteiger partial charge < -0.3 is 25.3 Å². The molecule has 0 bridgehead atoms. The molecule has 0 spiro atoms. The van der Waals surface area contributed by atoms with E-state index in [-0.39, 0.29) is 36.4 Å². The fraction of sp³-hybridized carbons (Fsp3) is 0.474. The number of amides is 1. The van der Waals surface area contributed by atoms with Crippen molar-refractivity contribution in [1.82, 2.24) is 20.5 Å². The first-order chi connectivity index (χ1) is 12.6. The third kappa shape index (κ3) is 6.60. The highest BCUT2D eigenvalue weighted by Gasteiger charge is 2.09. The molecule has 150 valence electrons. The van der Waals surface area contributed by atoms with Crippen LogP contribution in [0.4, 0.5) is 0 Å². The standard InChI is InChI=1S/C19H29N5O2.HI/c1-5-10-20-19(23-13-17(25)24(2)3)21-11-9-14-12-22-15-7-6-8-16(26-4)18(14)15;/h6-8,12,22H,5,9-11,13H2,1-4H3,(H2,20,21,23);1H. The number of aromatic amines is 1. The number of nitrogens with zero attached hydrogens (tertiary/aromatic N) is 2. The van der Waals surface area contributed by atoms with Crippen molar-refractivity contribution in [2.24, 2.45) is 4.99 Å². The Morgan fingerprint density at radius 1 is 1.26 bits per heavy atom. The fourth-order valence-corrected chi connectivity index (χ4v) is 2.61. The molecule has 0 aliphatic carbocycles. The number of fused-ring (bicyclic) bond motifs is 1. The minimum absolute atomic E-state index is 0. The first kappa shape index (κ1) is 23.1. The van der Waals surface area contributed by atoms with E-state index in [4.69, 9.17) is 4.74 Å². The van der Waals surface area contributed by atoms with Gasteiger partial charge in [-0.25, -0.2) is 4.99 Å². The molecule has 1 heterocycles. The average molecular weight is 487 g/mol. The van der Waals surface area contributed by atoms with E-state index >= 15 is 0 Å². The molecule has 8 heteroatoms. The van der Waals surface area contributed by atoms with Crippen LogP contribution >= 0.6 is 24.0 Å². The number of hydrogen-bond donors (Lipinski definition) is 3. The van der Waals surface area contributed by atoms with Crippen molar-refractivity contribution in [3.63, 3.8) is 0 Å². The van der Waals surface area contributed by atoms with E-state index in [0.29, 0.717) is 12.5 Å². The molecule has 0 unspecified atom stereocenters. The van der Waals surface area contributed by atoms with E-state index in [0.717, 1.165) is 36.0 Å². The van der Waals surface area contributed by atoms with Gasteiger partial charge in [0.15, 0.2) is 5.96 Å². The maximum atomic E-state index is 11.7. The third-order valence-electron chi connectivity index (χ3n) is 4.07. The van der Waals surface area contributed by atoms with Gasteiger partial charge in [0.1, 0.15) is 12.3 Å². The zero-order valence-corrected chi connectivity index (χ0v) is 18.8. The third-order valence-corrected chi connectivity index (χ3v) is 4.07. The zero-order chi connectivity index (χ0) is 18.9. The molecule has 0 saturated heterocycles. The Kier molecular flexibility index (Phi) is 9.98. The van der Waals surface area contributed by atoms with E-state index in [9.17, 15) is 4.79 Å². The summed E-state index contributed by atoms with van der Waals surface area (Å²) in [5.41, 5.74) is 2.25. The normalized spacial score (nSPS) is 11.0. The molecule has 7 nitrogen and oxygen atoms in total. The van der Waals surface area contributed by atoms with Crippen molar-refractivity contribution in [1.29, 1.82) is 0 Å². The summed E-state index contributed by atoms with van der Waals surface area (Å²) in [7, 11) is 5.15. The number of hydrogen-bond acceptors (Lipinski definition) is 3. The van der Waals surface area contributed by atoms with Crippen LogP contribution in [0.2, 0.25) is 0 Å². The first-order valence-electron chi connectivity index (χ1n) is 8.92. The van der Waals surface area contributed by atoms with E-state index in [1.807, 2.05) is 24.4 Å². The van der Waals surface area contributed by atoms with Gasteiger partial charge in [0, 0.05) is 44.3 Å². The van der Waals surface area contributed by atoms with Crippen molar-refractivity contribution >= 4 is 46.7 Å². The summed E-state index contributed by atoms with van der Waals surface area (Å²) in [6, 6.07) is 5.98. The predicted molar refractivity (Wildman–Crippen MR) is 121 cm³/mol. The summed E-state index contributed by atoms with van der Waals surface area (Å²) < 4.78 is 5.48. The topological polar surface area (TPSA) is 81.8 Å². The lowest BCUT2D eigenvalue weighted by molar-refractivity contribution is -0.127. The Hall–Kier alpha value is -1.97. The predicted octanol–water partition coefficient (Wildman–Crippen LogP) is 2.37. The van der Waals surface area contributed by atoms with Gasteiger partial charge in [-0.3, -0.25) is 4.79 Å². The van der Waals surface area contributed by atoms with Gasteiger partial charge in [-0.15, -0.1) is 24.0 Å². The lowest BCUT2D eigenvalue weighted by Gasteiger charge is -2.13. The monoisotopic (exact) mass is 487 g/mol. The van der Waals surface area contributed by atoms with Crippen LogP contribution in [0.1, 0.15) is 18.9 Å². The lowest BCUT2D eigenvalue weighted by Crippen LogP contribution is -2.39. The molecule has 1 aromatic heterocycles. The lowest BCUT2D eigenvalue weighted by atomic mass is 10.1. The summed E-state index contributed by atoms with van der Waals surface area (Å²) in [5.74, 6) is 1.51. The van der Waals surface area contributed by atoms with Crippen LogP contribution in [-0.4, -0.2) is 62.6 Å². The second-order valence-corrected chi connectivity index (χ2v) is 6.25. The van der Waals surface area contributed by atoms with Crippen molar-refractivity contribution in [3.05, 3.63) is 30.0 Å². The minimum Gasteiger partial charge on any atom is -0.496 e. The van der Waals surface area contributed by atoms with Crippen molar-refractivity contribution in [2.45, 2.75) is 19.8 Å². The molecule has 2 aromatic rings. The van der Waals surface area contributed by atoms with Crippen molar-refractivity contribution in [2.75, 3.05) is 40.8 Å². The smallest absolute Gasteiger partial charge is 0.243 e. The number of H-pyrrole nitrogens is 1. The number of carbonyl (C=O) groups is 1. The van der Waals surface area contributed by atoms with Gasteiger partial charge in [0.25, 0.3) is 0 Å². The summed E-state index contributed by atoms with van der Waals surface area (Å²) in [6.45, 7) is 3.74. The number of benzene rings is 1. The molecule has 0 atom stereocenters. The summed E-state index contributed by atoms with van der Waals surface area (Å²) in [6.07, 6.45) is 3.82. The summed E-state index contributed by atoms with van der Waals surface area (Å²) in [5, 5.41) is 7.65. The van der Waals surface area contributed by atoms with Gasteiger partial charge in [-0.2, -0.15) is 0 Å². The quantitative estimate of drug-likeness (QED) is 0.304. The van der Waals surface area contributed by atoms with E-state index < -0.39 is 0 Å². The Morgan fingerprint density at radius 3 is 2.67 bits per heavy atom. The molecule has 2 rings (SSSR count). The molecule has 0 aliphatic heterocycles. The van der Waals surface area contributed by atoms with Crippen LogP contribution in [0, 0.1) is 0 Å². The fourth-order valence-electron chi connectivity index (χ4n) is 2.61. The highest BCUT2D eigenvalue weighted by molar-refractivity contribution is 14.0. The molecule has 0 radical (unpaired) electrons. The first-order valence-corrected chi connectivity index (χ1v) is 8.92. The van der Waals surface area contributed by atoms with Gasteiger partial charge in [-0.1, -0.05) is 13.0 Å². The van der Waals surface area contributed by atoms with Crippen LogP contribution in [0.15, 0.2) is 29.4 Å². The van der Waals surface area contributed by atoms with Crippen LogP contribution in [-0.2, 0) is 11.2 Å². The number of likely N-dealkylation sites (N-methyl/N-ethyl adjacent to an activating group) is 1. The van der Waals surface area contributed by atoms with Crippen LogP contribution in [0.3, 0.4) is 0 Å². The van der Waals surface area contributed by atoms with E-state index in [1.54, 1.807) is 26.1 Å². The second-order valence-electron chi connectivity index (χ2n) is 6.25. The highest BCUT2D eigenvalue weighted by Crippen LogP contribution is 2.28. The van der Waals surface area contributed by atoms with Crippen molar-refractivity contribution < 1.29 is 9.53 Å². The largest absolute Gasteiger partial charge is 0.496 e. The van der Waals surface area contributed by atoms with Gasteiger partial charge >= 0.3 is 0 Å². The molecule has 3 N–H and O–H groups in total. The Morgan fingerprint density at radius 2 is 2.00 bits per heavy atom. The Labute approximate surface area is 178 Å². The minimum atomic E-state index is -0.0241. The number of aliphatic imine (C=N–C) groups is 1. The van der Waals surface area contributed by atoms with Crippen molar-refractivity contribution in [3.8, 4) is 5.75 Å². The number of aromatic nitrogens is 1. The molecule has 0 saturated carbocycles. The molecule has 0 aliphatic rings. The van der Waals surface area contributed by atoms with Gasteiger partial charge in [-0.05, 0) is 30.5 Å². The number of carbonyl (C=O) groups excluding carboxylic acids is 1. The van der Waals surface area contributed by atoms with Gasteiger partial charge in [0.2, 0.25) is 5.91 Å². The van der Waals surface area contributed by atoms with Crippen LogP contribution in [0.5, 0.6) is 5.75 Å². The maximum Gasteiger partial charge on any atom is 0.243 e. The van der Waals surface area contributed by atoms with Gasteiger partial charge in [0.05, 0.1) is 7.11 Å². The number of ether oxygens (including phenoxy) is 1. The molecular formula is C19H30IN5O2. The number of halogens is 1. The molecule has 27 heavy (non-hydrogen) atoms. The number of guanidine groups is 1. The second kappa shape index (κ2) is 11.7. The number of methoxy groups -OCH3 is 1. The number of rotatable bonds is 8. The van der Waals surface area contributed by atoms with Crippen LogP contribution < -0.4 is 15.4 Å². The van der Waals surface area contributed by atoms with Crippen LogP contribution in [0.25, 0.3) is 10.9 Å². The molecule has 1 aromatic carbocycles. The molecule has 0 fully saturated rings. The Balaban J connectivity index is 0.00000364. The zero-order valence-electron chi connectivity index (χ0n) is 16.5. The van der Waals surface area contributed by atoms with E-state index in [2.05, 4.69) is 27.5 Å². The average Bonchev–Trinajstić information content (AvgIpc) is 3.06. The number of nitrogens with one attached hydrogen (secondary N) is 3.